The topological polar surface area (TPSA) is 36.9 Å². The van der Waals surface area contributed by atoms with Crippen molar-refractivity contribution in [1.82, 2.24) is 0 Å². The minimum atomic E-state index is -5.71. The van der Waals surface area contributed by atoms with Crippen LogP contribution in [-0.4, -0.2) is 25.2 Å². The normalized spacial score (nSPS) is 23.2. The van der Waals surface area contributed by atoms with E-state index in [1.807, 2.05) is 6.92 Å². The molecule has 0 aromatic heterocycles. The molecule has 2 bridgehead atoms. The van der Waals surface area contributed by atoms with Gasteiger partial charge in [0, 0.05) is 11.1 Å². The summed E-state index contributed by atoms with van der Waals surface area (Å²) < 4.78 is 127. The minimum Gasteiger partial charge on any atom is -0.320 e. The Morgan fingerprint density at radius 3 is 1.90 bits per heavy atom. The highest BCUT2D eigenvalue weighted by molar-refractivity contribution is 5.73. The van der Waals surface area contributed by atoms with Crippen LogP contribution in [0.15, 0.2) is 54.6 Å². The van der Waals surface area contributed by atoms with E-state index in [4.69, 9.17) is 14.2 Å². The van der Waals surface area contributed by atoms with E-state index >= 15 is 0 Å². The van der Waals surface area contributed by atoms with E-state index in [9.17, 15) is 35.1 Å². The van der Waals surface area contributed by atoms with Gasteiger partial charge in [-0.1, -0.05) is 36.4 Å². The average Bonchev–Trinajstić information content (AvgIpc) is 3.37. The first-order chi connectivity index (χ1) is 18.2. The zero-order chi connectivity index (χ0) is 28.2. The molecule has 39 heavy (non-hydrogen) atoms. The van der Waals surface area contributed by atoms with Crippen LogP contribution in [0.4, 0.5) is 35.1 Å². The van der Waals surface area contributed by atoms with Gasteiger partial charge in [0.15, 0.2) is 0 Å². The summed E-state index contributed by atoms with van der Waals surface area (Å²) in [5.74, 6) is -4.96. The van der Waals surface area contributed by atoms with E-state index in [-0.39, 0.29) is 11.1 Å². The van der Waals surface area contributed by atoms with Crippen molar-refractivity contribution in [1.29, 1.82) is 0 Å². The van der Waals surface area contributed by atoms with E-state index in [1.54, 1.807) is 24.3 Å². The molecule has 4 nitrogen and oxygen atoms in total. The van der Waals surface area contributed by atoms with Crippen molar-refractivity contribution in [3.63, 3.8) is 0 Å². The molecule has 0 N–H and O–H groups in total. The smallest absolute Gasteiger partial charge is 0.320 e. The van der Waals surface area contributed by atoms with Crippen molar-refractivity contribution in [2.24, 2.45) is 0 Å². The zero-order valence-electron chi connectivity index (χ0n) is 19.9. The van der Waals surface area contributed by atoms with Crippen molar-refractivity contribution < 1.29 is 54.1 Å². The molecule has 12 heteroatoms. The van der Waals surface area contributed by atoms with E-state index < -0.39 is 52.6 Å². The third-order valence-electron chi connectivity index (χ3n) is 6.16. The Kier molecular flexibility index (Phi) is 6.57. The molecule has 0 saturated carbocycles. The first kappa shape index (κ1) is 27.3. The van der Waals surface area contributed by atoms with E-state index in [2.05, 4.69) is 4.74 Å². The summed E-state index contributed by atoms with van der Waals surface area (Å²) in [6.45, 7) is 2.57. The quantitative estimate of drug-likeness (QED) is 0.232. The van der Waals surface area contributed by atoms with Crippen LogP contribution in [0.3, 0.4) is 0 Å². The maximum atomic E-state index is 14.8. The van der Waals surface area contributed by atoms with Crippen molar-refractivity contribution in [2.75, 3.05) is 13.2 Å². The van der Waals surface area contributed by atoms with Gasteiger partial charge in [-0.2, -0.15) is 8.78 Å². The van der Waals surface area contributed by atoms with Gasteiger partial charge < -0.3 is 14.2 Å². The molecule has 0 aliphatic carbocycles. The molecule has 2 saturated heterocycles. The van der Waals surface area contributed by atoms with Crippen LogP contribution in [0.2, 0.25) is 0 Å². The Morgan fingerprint density at radius 2 is 1.38 bits per heavy atom. The second kappa shape index (κ2) is 9.40. The first-order valence-corrected chi connectivity index (χ1v) is 11.4. The SMILES string of the molecule is CC12COC(c3ccc(-c4cc(F)c(C=Cc5ccc(C(F)(F)OC(F)(F)F)c(F)c5)c(F)c4)cc3)(OC1)O2. The molecule has 2 aliphatic rings. The lowest BCUT2D eigenvalue weighted by Crippen LogP contribution is -2.32. The van der Waals surface area contributed by atoms with Crippen molar-refractivity contribution in [3.05, 3.63) is 94.3 Å². The summed E-state index contributed by atoms with van der Waals surface area (Å²) in [7, 11) is 0. The fourth-order valence-electron chi connectivity index (χ4n) is 4.27. The lowest BCUT2D eigenvalue weighted by Gasteiger charge is -2.24. The van der Waals surface area contributed by atoms with Gasteiger partial charge in [-0.05, 0) is 54.0 Å². The van der Waals surface area contributed by atoms with Crippen LogP contribution in [0.5, 0.6) is 0 Å². The lowest BCUT2D eigenvalue weighted by molar-refractivity contribution is -0.432. The fourth-order valence-corrected chi connectivity index (χ4v) is 4.27. The zero-order valence-corrected chi connectivity index (χ0v) is 19.9. The van der Waals surface area contributed by atoms with Gasteiger partial charge >= 0.3 is 18.4 Å². The minimum absolute atomic E-state index is 0.140. The Balaban J connectivity index is 1.34. The largest absolute Gasteiger partial charge is 0.527 e. The summed E-state index contributed by atoms with van der Waals surface area (Å²) in [4.78, 5) is 0. The number of benzene rings is 3. The van der Waals surface area contributed by atoms with Gasteiger partial charge in [0.2, 0.25) is 0 Å². The number of hydrogen-bond donors (Lipinski definition) is 0. The van der Waals surface area contributed by atoms with Crippen LogP contribution in [0, 0.1) is 17.5 Å². The second-order valence-electron chi connectivity index (χ2n) is 9.25. The Labute approximate surface area is 216 Å². The number of ether oxygens (including phenoxy) is 4. The van der Waals surface area contributed by atoms with Crippen molar-refractivity contribution in [3.8, 4) is 11.1 Å². The Bertz CT molecular complexity index is 1400. The molecule has 2 heterocycles. The Morgan fingerprint density at radius 1 is 0.769 bits per heavy atom. The third kappa shape index (κ3) is 5.42. The van der Waals surface area contributed by atoms with Gasteiger partial charge in [0.25, 0.3) is 0 Å². The fraction of sp³-hybridized carbons (Fsp3) is 0.259. The Hall–Kier alpha value is -3.32. The van der Waals surface area contributed by atoms with Crippen LogP contribution in [-0.2, 0) is 31.0 Å². The molecular formula is C27H18F8O4. The predicted octanol–water partition coefficient (Wildman–Crippen LogP) is 7.47. The maximum Gasteiger partial charge on any atom is 0.527 e. The van der Waals surface area contributed by atoms with E-state index in [1.165, 1.54) is 0 Å². The van der Waals surface area contributed by atoms with Gasteiger partial charge in [-0.3, -0.25) is 0 Å². The molecular weight excluding hydrogens is 540 g/mol. The molecule has 5 rings (SSSR count). The lowest BCUT2D eigenvalue weighted by atomic mass is 10.0. The highest BCUT2D eigenvalue weighted by Crippen LogP contribution is 2.47. The molecule has 2 fully saturated rings. The van der Waals surface area contributed by atoms with Crippen LogP contribution < -0.4 is 0 Å². The monoisotopic (exact) mass is 558 g/mol. The van der Waals surface area contributed by atoms with Gasteiger partial charge in [0.1, 0.15) is 23.1 Å². The molecule has 0 atom stereocenters. The predicted molar refractivity (Wildman–Crippen MR) is 121 cm³/mol. The highest BCUT2D eigenvalue weighted by Gasteiger charge is 2.57. The third-order valence-corrected chi connectivity index (χ3v) is 6.16. The molecule has 0 radical (unpaired) electrons. The molecule has 206 valence electrons. The molecule has 0 spiro atoms. The number of hydrogen-bond acceptors (Lipinski definition) is 4. The van der Waals surface area contributed by atoms with E-state index in [0.29, 0.717) is 36.5 Å². The number of alkyl halides is 5. The van der Waals surface area contributed by atoms with Crippen molar-refractivity contribution in [2.45, 2.75) is 31.0 Å². The average molecular weight is 558 g/mol. The van der Waals surface area contributed by atoms with Gasteiger partial charge in [0.05, 0.1) is 18.8 Å². The first-order valence-electron chi connectivity index (χ1n) is 11.4. The van der Waals surface area contributed by atoms with Crippen molar-refractivity contribution >= 4 is 12.2 Å². The molecule has 2 aliphatic heterocycles. The standard InChI is InChI=1S/C27H18F8O4/c1-24-13-36-26(38-24,37-14-24)18-6-4-16(5-7-18)17-11-21(28)19(22(29)12-17)8-2-15-3-9-20(23(30)10-15)25(31,32)39-27(33,34)35/h2-12H,13-14H2,1H3. The second-order valence-corrected chi connectivity index (χ2v) is 9.25. The molecule has 3 aromatic rings. The summed E-state index contributed by atoms with van der Waals surface area (Å²) in [5.41, 5.74) is -1.58. The highest BCUT2D eigenvalue weighted by atomic mass is 19.4. The van der Waals surface area contributed by atoms with Crippen LogP contribution >= 0.6 is 0 Å². The molecule has 0 unspecified atom stereocenters. The van der Waals surface area contributed by atoms with Crippen LogP contribution in [0.25, 0.3) is 23.3 Å². The number of rotatable bonds is 6. The van der Waals surface area contributed by atoms with Gasteiger partial charge in [-0.25, -0.2) is 17.9 Å². The van der Waals surface area contributed by atoms with Gasteiger partial charge in [-0.15, -0.1) is 13.2 Å². The van der Waals surface area contributed by atoms with Crippen LogP contribution in [0.1, 0.15) is 29.2 Å². The summed E-state index contributed by atoms with van der Waals surface area (Å²) in [5, 5.41) is 0. The number of fused-ring (bicyclic) bond motifs is 2. The maximum absolute atomic E-state index is 14.8. The van der Waals surface area contributed by atoms with E-state index in [0.717, 1.165) is 30.4 Å². The molecule has 0 amide bonds. The summed E-state index contributed by atoms with van der Waals surface area (Å²) >= 11 is 0. The summed E-state index contributed by atoms with van der Waals surface area (Å²) in [6.07, 6.45) is -8.72. The number of halogens is 8. The molecule has 3 aromatic carbocycles. The summed E-state index contributed by atoms with van der Waals surface area (Å²) in [6, 6.07) is 10.4.